The number of carbonyl (C=O) groups is 2. The van der Waals surface area contributed by atoms with Crippen LogP contribution in [0.5, 0.6) is 0 Å². The Morgan fingerprint density at radius 3 is 2.14 bits per heavy atom. The summed E-state index contributed by atoms with van der Waals surface area (Å²) in [5.41, 5.74) is 0.0637. The van der Waals surface area contributed by atoms with E-state index in [0.29, 0.717) is 0 Å². The van der Waals surface area contributed by atoms with Crippen LogP contribution in [-0.4, -0.2) is 28.6 Å². The summed E-state index contributed by atoms with van der Waals surface area (Å²) in [7, 11) is 0. The molecule has 0 aliphatic rings. The van der Waals surface area contributed by atoms with E-state index < -0.39 is 18.4 Å². The highest BCUT2D eigenvalue weighted by Gasteiger charge is 2.12. The Hall–Kier alpha value is -1.78. The first kappa shape index (κ1) is 12.2. The molecule has 5 nitrogen and oxygen atoms in total. The van der Waals surface area contributed by atoms with Crippen molar-refractivity contribution < 1.29 is 19.8 Å². The minimum Gasteiger partial charge on any atom is -0.507 e. The van der Waals surface area contributed by atoms with Crippen LogP contribution in [0, 0.1) is 0 Å². The molecule has 0 rings (SSSR count). The third kappa shape index (κ3) is 3.75. The lowest BCUT2D eigenvalue weighted by molar-refractivity contribution is -0.137. The van der Waals surface area contributed by atoms with E-state index in [1.165, 1.54) is 12.2 Å². The van der Waals surface area contributed by atoms with Gasteiger partial charge in [-0.3, -0.25) is 9.59 Å². The van der Waals surface area contributed by atoms with Crippen LogP contribution < -0.4 is 5.32 Å². The molecule has 5 heteroatoms. The summed E-state index contributed by atoms with van der Waals surface area (Å²) in [6, 6.07) is 0. The second-order valence-corrected chi connectivity index (χ2v) is 2.45. The molecule has 0 unspecified atom stereocenters. The summed E-state index contributed by atoms with van der Waals surface area (Å²) in [5, 5.41) is 19.7. The fourth-order valence-electron chi connectivity index (χ4n) is 0.802. The van der Waals surface area contributed by atoms with Crippen molar-refractivity contribution in [1.82, 2.24) is 5.32 Å². The lowest BCUT2D eigenvalue weighted by atomic mass is 10.2. The molecule has 0 spiro atoms. The molecule has 0 radical (unpaired) electrons. The maximum absolute atomic E-state index is 11.2. The van der Waals surface area contributed by atoms with E-state index in [2.05, 4.69) is 5.32 Å². The number of nitrogens with one attached hydrogen (secondary N) is 1. The van der Waals surface area contributed by atoms with Gasteiger partial charge in [-0.2, -0.15) is 0 Å². The fourth-order valence-corrected chi connectivity index (χ4v) is 0.802. The summed E-state index contributed by atoms with van der Waals surface area (Å²) in [6.07, 6.45) is 2.77. The molecular formula is C9H13NO4. The van der Waals surface area contributed by atoms with Crippen molar-refractivity contribution in [2.24, 2.45) is 0 Å². The maximum Gasteiger partial charge on any atom is 0.322 e. The van der Waals surface area contributed by atoms with Crippen molar-refractivity contribution in [2.45, 2.75) is 13.8 Å². The average molecular weight is 199 g/mol. The SMILES string of the molecule is C/C=C(O)\C(=C/C)C(=O)NCC(=O)O. The van der Waals surface area contributed by atoms with E-state index in [0.717, 1.165) is 0 Å². The molecule has 0 aromatic heterocycles. The number of carboxylic acid groups (broad SMARTS) is 1. The topological polar surface area (TPSA) is 86.6 Å². The molecule has 0 aromatic rings. The smallest absolute Gasteiger partial charge is 0.322 e. The van der Waals surface area contributed by atoms with E-state index in [1.807, 2.05) is 0 Å². The molecule has 0 bridgehead atoms. The van der Waals surface area contributed by atoms with Crippen LogP contribution in [0.2, 0.25) is 0 Å². The van der Waals surface area contributed by atoms with Gasteiger partial charge in [-0.15, -0.1) is 0 Å². The first-order valence-corrected chi connectivity index (χ1v) is 4.04. The van der Waals surface area contributed by atoms with Crippen molar-refractivity contribution in [3.63, 3.8) is 0 Å². The molecule has 0 saturated carbocycles. The predicted octanol–water partition coefficient (Wildman–Crippen LogP) is 0.595. The Morgan fingerprint density at radius 1 is 1.21 bits per heavy atom. The first-order chi connectivity index (χ1) is 6.52. The molecule has 0 fully saturated rings. The van der Waals surface area contributed by atoms with Crippen molar-refractivity contribution in [3.05, 3.63) is 23.5 Å². The number of hydrogen-bond acceptors (Lipinski definition) is 3. The van der Waals surface area contributed by atoms with Gasteiger partial charge in [0.1, 0.15) is 12.3 Å². The molecule has 78 valence electrons. The number of aliphatic hydroxyl groups is 1. The second kappa shape index (κ2) is 5.80. The zero-order chi connectivity index (χ0) is 11.1. The Morgan fingerprint density at radius 2 is 1.79 bits per heavy atom. The summed E-state index contributed by atoms with van der Waals surface area (Å²) >= 11 is 0. The van der Waals surface area contributed by atoms with Crippen molar-refractivity contribution in [2.75, 3.05) is 6.54 Å². The lowest BCUT2D eigenvalue weighted by Crippen LogP contribution is -2.30. The van der Waals surface area contributed by atoms with E-state index in [9.17, 15) is 14.7 Å². The lowest BCUT2D eigenvalue weighted by Gasteiger charge is -2.05. The molecule has 1 amide bonds. The summed E-state index contributed by atoms with van der Waals surface area (Å²) < 4.78 is 0. The highest BCUT2D eigenvalue weighted by Crippen LogP contribution is 2.05. The quantitative estimate of drug-likeness (QED) is 0.351. The van der Waals surface area contributed by atoms with Crippen LogP contribution in [-0.2, 0) is 9.59 Å². The number of hydrogen-bond donors (Lipinski definition) is 3. The highest BCUT2D eigenvalue weighted by atomic mass is 16.4. The molecule has 0 aliphatic carbocycles. The summed E-state index contributed by atoms with van der Waals surface area (Å²) in [4.78, 5) is 21.4. The van der Waals surface area contributed by atoms with Gasteiger partial charge in [0.05, 0.1) is 5.57 Å². The van der Waals surface area contributed by atoms with E-state index >= 15 is 0 Å². The van der Waals surface area contributed by atoms with Gasteiger partial charge in [-0.1, -0.05) is 6.08 Å². The van der Waals surface area contributed by atoms with Gasteiger partial charge >= 0.3 is 5.97 Å². The van der Waals surface area contributed by atoms with Crippen LogP contribution >= 0.6 is 0 Å². The Balaban J connectivity index is 4.43. The van der Waals surface area contributed by atoms with Crippen molar-refractivity contribution >= 4 is 11.9 Å². The third-order valence-corrected chi connectivity index (χ3v) is 1.48. The number of carbonyl (C=O) groups excluding carboxylic acids is 1. The monoisotopic (exact) mass is 199 g/mol. The Labute approximate surface area is 81.7 Å². The third-order valence-electron chi connectivity index (χ3n) is 1.48. The van der Waals surface area contributed by atoms with Gasteiger partial charge in [-0.05, 0) is 19.9 Å². The Kier molecular flexibility index (Phi) is 5.06. The average Bonchev–Trinajstić information content (AvgIpc) is 2.15. The van der Waals surface area contributed by atoms with Gasteiger partial charge < -0.3 is 15.5 Å². The number of rotatable bonds is 4. The molecule has 14 heavy (non-hydrogen) atoms. The molecular weight excluding hydrogens is 186 g/mol. The van der Waals surface area contributed by atoms with Crippen molar-refractivity contribution in [1.29, 1.82) is 0 Å². The van der Waals surface area contributed by atoms with Crippen LogP contribution in [0.15, 0.2) is 23.5 Å². The number of carboxylic acids is 1. The Bertz CT molecular complexity index is 291. The largest absolute Gasteiger partial charge is 0.507 e. The highest BCUT2D eigenvalue weighted by molar-refractivity contribution is 5.98. The zero-order valence-corrected chi connectivity index (χ0v) is 8.07. The zero-order valence-electron chi connectivity index (χ0n) is 8.07. The van der Waals surface area contributed by atoms with Gasteiger partial charge in [0.15, 0.2) is 0 Å². The summed E-state index contributed by atoms with van der Waals surface area (Å²) in [6.45, 7) is 2.69. The number of allylic oxidation sites excluding steroid dienone is 2. The number of aliphatic hydroxyl groups excluding tert-OH is 1. The first-order valence-electron chi connectivity index (χ1n) is 4.04. The molecule has 3 N–H and O–H groups in total. The number of aliphatic carboxylic acids is 1. The molecule has 0 saturated heterocycles. The molecule has 0 heterocycles. The van der Waals surface area contributed by atoms with Crippen molar-refractivity contribution in [3.8, 4) is 0 Å². The number of amides is 1. The minimum absolute atomic E-state index is 0.0637. The van der Waals surface area contributed by atoms with Crippen LogP contribution in [0.3, 0.4) is 0 Å². The predicted molar refractivity (Wildman–Crippen MR) is 50.8 cm³/mol. The van der Waals surface area contributed by atoms with Gasteiger partial charge in [0.2, 0.25) is 0 Å². The van der Waals surface area contributed by atoms with Crippen LogP contribution in [0.25, 0.3) is 0 Å². The molecule has 0 aliphatic heterocycles. The van der Waals surface area contributed by atoms with Gasteiger partial charge in [-0.25, -0.2) is 0 Å². The molecule has 0 atom stereocenters. The van der Waals surface area contributed by atoms with E-state index in [1.54, 1.807) is 13.8 Å². The van der Waals surface area contributed by atoms with Crippen LogP contribution in [0.4, 0.5) is 0 Å². The van der Waals surface area contributed by atoms with E-state index in [4.69, 9.17) is 5.11 Å². The van der Waals surface area contributed by atoms with Gasteiger partial charge in [0.25, 0.3) is 5.91 Å². The van der Waals surface area contributed by atoms with E-state index in [-0.39, 0.29) is 11.3 Å². The standard InChI is InChI=1S/C9H13NO4/c1-3-6(7(11)4-2)9(14)10-5-8(12)13/h3-4,11H,5H2,1-2H3,(H,10,14)(H,12,13)/b6-3+,7-4+. The van der Waals surface area contributed by atoms with Crippen LogP contribution in [0.1, 0.15) is 13.8 Å². The normalized spacial score (nSPS) is 12.4. The minimum atomic E-state index is -1.13. The maximum atomic E-state index is 11.2. The fraction of sp³-hybridized carbons (Fsp3) is 0.333. The van der Waals surface area contributed by atoms with Gasteiger partial charge in [0, 0.05) is 0 Å². The second-order valence-electron chi connectivity index (χ2n) is 2.45. The molecule has 0 aromatic carbocycles. The summed E-state index contributed by atoms with van der Waals surface area (Å²) in [5.74, 6) is -1.91.